The second-order valence-corrected chi connectivity index (χ2v) is 10.0. The second-order valence-electron chi connectivity index (χ2n) is 10.0. The molecule has 0 fully saturated rings. The van der Waals surface area contributed by atoms with E-state index >= 15 is 0 Å². The molecule has 0 bridgehead atoms. The number of nitrogens with one attached hydrogen (secondary N) is 5. The molecule has 38 heavy (non-hydrogen) atoms. The van der Waals surface area contributed by atoms with Crippen LogP contribution in [0, 0.1) is 17.8 Å². The van der Waals surface area contributed by atoms with Gasteiger partial charge in [0.2, 0.25) is 29.5 Å². The predicted molar refractivity (Wildman–Crippen MR) is 141 cm³/mol. The van der Waals surface area contributed by atoms with Gasteiger partial charge in [0.1, 0.15) is 24.2 Å². The van der Waals surface area contributed by atoms with Crippen LogP contribution in [0.4, 0.5) is 0 Å². The summed E-state index contributed by atoms with van der Waals surface area (Å²) in [5, 5.41) is 21.9. The van der Waals surface area contributed by atoms with E-state index in [1.807, 2.05) is 27.7 Å². The lowest BCUT2D eigenvalue weighted by molar-refractivity contribution is -0.142. The highest BCUT2D eigenvalue weighted by Crippen LogP contribution is 2.12. The largest absolute Gasteiger partial charge is 0.480 e. The Bertz CT molecular complexity index is 835. The third-order valence-corrected chi connectivity index (χ3v) is 6.31. The summed E-state index contributed by atoms with van der Waals surface area (Å²) < 4.78 is 0. The van der Waals surface area contributed by atoms with E-state index in [1.165, 1.54) is 6.92 Å². The van der Waals surface area contributed by atoms with E-state index in [4.69, 9.17) is 5.73 Å². The molecule has 0 aliphatic carbocycles. The highest BCUT2D eigenvalue weighted by atomic mass is 16.4. The minimum Gasteiger partial charge on any atom is -0.480 e. The normalized spacial score (nSPS) is 15.7. The van der Waals surface area contributed by atoms with Gasteiger partial charge in [0, 0.05) is 0 Å². The van der Waals surface area contributed by atoms with Crippen molar-refractivity contribution in [2.75, 3.05) is 13.1 Å². The van der Waals surface area contributed by atoms with Gasteiger partial charge >= 0.3 is 5.97 Å². The van der Waals surface area contributed by atoms with Crippen molar-refractivity contribution in [1.82, 2.24) is 26.6 Å². The molecule has 0 aliphatic heterocycles. The number of carboxylic acids is 1. The number of carboxylic acid groups (broad SMARTS) is 1. The van der Waals surface area contributed by atoms with Crippen molar-refractivity contribution in [3.8, 4) is 0 Å². The van der Waals surface area contributed by atoms with Crippen molar-refractivity contribution in [3.63, 3.8) is 0 Å². The minimum atomic E-state index is -1.17. The van der Waals surface area contributed by atoms with Gasteiger partial charge in [0.25, 0.3) is 0 Å². The Morgan fingerprint density at radius 1 is 0.711 bits per heavy atom. The van der Waals surface area contributed by atoms with Crippen LogP contribution in [0.25, 0.3) is 0 Å². The van der Waals surface area contributed by atoms with E-state index in [2.05, 4.69) is 26.6 Å². The first-order chi connectivity index (χ1) is 17.7. The Morgan fingerprint density at radius 3 is 1.66 bits per heavy atom. The Balaban J connectivity index is 5.43. The Morgan fingerprint density at radius 2 is 1.21 bits per heavy atom. The van der Waals surface area contributed by atoms with Crippen molar-refractivity contribution in [2.45, 2.75) is 91.9 Å². The molecule has 0 heterocycles. The smallest absolute Gasteiger partial charge is 0.326 e. The summed E-state index contributed by atoms with van der Waals surface area (Å²) in [6.07, 6.45) is 1.31. The molecule has 6 atom stereocenters. The SMILES string of the molecule is CC[C@H](C)[C@H](NC(=O)[C@H](C)NC(=O)CN)C(=O)N[C@H](C(=O)NCC(=O)N[C@@H](CC(C)C)C(=O)O)[C@@H](C)CC. The molecule has 0 aromatic heterocycles. The summed E-state index contributed by atoms with van der Waals surface area (Å²) >= 11 is 0. The monoisotopic (exact) mass is 542 g/mol. The molecule has 5 amide bonds. The third-order valence-electron chi connectivity index (χ3n) is 6.31. The van der Waals surface area contributed by atoms with Crippen LogP contribution in [0.2, 0.25) is 0 Å². The molecule has 0 spiro atoms. The molecule has 0 aromatic rings. The molecule has 0 radical (unpaired) electrons. The first-order valence-electron chi connectivity index (χ1n) is 13.1. The standard InChI is InChI=1S/C25H46N6O7/c1-8-14(5)20(23(35)27-12-19(33)29-17(25(37)38)10-13(3)4)31-24(36)21(15(6)9-2)30-22(34)16(7)28-18(32)11-26/h13-17,20-21H,8-12,26H2,1-7H3,(H,27,35)(H,28,32)(H,29,33)(H,30,34)(H,31,36)(H,37,38)/t14-,15-,16-,17-,20-,21-/m0/s1. The van der Waals surface area contributed by atoms with Crippen molar-refractivity contribution in [2.24, 2.45) is 23.5 Å². The number of nitrogens with two attached hydrogens (primary N) is 1. The fourth-order valence-corrected chi connectivity index (χ4v) is 3.51. The van der Waals surface area contributed by atoms with E-state index in [0.29, 0.717) is 12.8 Å². The van der Waals surface area contributed by atoms with Crippen molar-refractivity contribution < 1.29 is 33.9 Å². The summed E-state index contributed by atoms with van der Waals surface area (Å²) in [5.74, 6) is -4.71. The number of carbonyl (C=O) groups is 6. The lowest BCUT2D eigenvalue weighted by atomic mass is 9.94. The van der Waals surface area contributed by atoms with Crippen LogP contribution in [0.3, 0.4) is 0 Å². The van der Waals surface area contributed by atoms with E-state index in [0.717, 1.165) is 0 Å². The van der Waals surface area contributed by atoms with Gasteiger partial charge in [-0.25, -0.2) is 4.79 Å². The maximum atomic E-state index is 13.2. The molecule has 218 valence electrons. The quantitative estimate of drug-likeness (QED) is 0.124. The van der Waals surface area contributed by atoms with Gasteiger partial charge in [-0.3, -0.25) is 24.0 Å². The van der Waals surface area contributed by atoms with Gasteiger partial charge in [0.15, 0.2) is 0 Å². The van der Waals surface area contributed by atoms with Crippen LogP contribution in [-0.4, -0.2) is 77.9 Å². The van der Waals surface area contributed by atoms with E-state index in [-0.39, 0.29) is 30.7 Å². The molecule has 13 nitrogen and oxygen atoms in total. The molecular weight excluding hydrogens is 496 g/mol. The molecular formula is C25H46N6O7. The van der Waals surface area contributed by atoms with Gasteiger partial charge in [-0.1, -0.05) is 54.4 Å². The third kappa shape index (κ3) is 12.3. The Labute approximate surface area is 224 Å². The minimum absolute atomic E-state index is 0.0369. The highest BCUT2D eigenvalue weighted by molar-refractivity contribution is 5.95. The van der Waals surface area contributed by atoms with Crippen molar-refractivity contribution >= 4 is 35.5 Å². The summed E-state index contributed by atoms with van der Waals surface area (Å²) in [7, 11) is 0. The summed E-state index contributed by atoms with van der Waals surface area (Å²) in [4.78, 5) is 74.0. The average molecular weight is 543 g/mol. The van der Waals surface area contributed by atoms with Gasteiger partial charge < -0.3 is 37.4 Å². The van der Waals surface area contributed by atoms with Gasteiger partial charge in [-0.2, -0.15) is 0 Å². The Kier molecular flexibility index (Phi) is 15.9. The highest BCUT2D eigenvalue weighted by Gasteiger charge is 2.33. The number of carbonyl (C=O) groups excluding carboxylic acids is 5. The molecule has 0 rings (SSSR count). The van der Waals surface area contributed by atoms with Crippen LogP contribution in [0.15, 0.2) is 0 Å². The molecule has 0 saturated heterocycles. The number of hydrogen-bond acceptors (Lipinski definition) is 7. The number of aliphatic carboxylic acids is 1. The summed E-state index contributed by atoms with van der Waals surface area (Å²) in [6, 6.07) is -4.01. The van der Waals surface area contributed by atoms with Crippen LogP contribution in [-0.2, 0) is 28.8 Å². The van der Waals surface area contributed by atoms with Gasteiger partial charge in [-0.15, -0.1) is 0 Å². The topological polar surface area (TPSA) is 209 Å². The van der Waals surface area contributed by atoms with E-state index in [1.54, 1.807) is 13.8 Å². The summed E-state index contributed by atoms with van der Waals surface area (Å²) in [5.41, 5.74) is 5.27. The maximum Gasteiger partial charge on any atom is 0.326 e. The predicted octanol–water partition coefficient (Wildman–Crippen LogP) is -0.757. The molecule has 0 aromatic carbocycles. The van der Waals surface area contributed by atoms with E-state index < -0.39 is 66.2 Å². The molecule has 0 unspecified atom stereocenters. The van der Waals surface area contributed by atoms with Crippen LogP contribution < -0.4 is 32.3 Å². The van der Waals surface area contributed by atoms with E-state index in [9.17, 15) is 33.9 Å². The van der Waals surface area contributed by atoms with Crippen LogP contribution in [0.1, 0.15) is 67.7 Å². The lowest BCUT2D eigenvalue weighted by Gasteiger charge is -2.29. The fourth-order valence-electron chi connectivity index (χ4n) is 3.51. The molecule has 8 N–H and O–H groups in total. The van der Waals surface area contributed by atoms with Crippen molar-refractivity contribution in [1.29, 1.82) is 0 Å². The fraction of sp³-hybridized carbons (Fsp3) is 0.760. The second kappa shape index (κ2) is 17.3. The average Bonchev–Trinajstić information content (AvgIpc) is 2.86. The molecule has 13 heteroatoms. The zero-order chi connectivity index (χ0) is 29.6. The lowest BCUT2D eigenvalue weighted by Crippen LogP contribution is -2.59. The maximum absolute atomic E-state index is 13.2. The zero-order valence-electron chi connectivity index (χ0n) is 23.6. The molecule has 0 saturated carbocycles. The van der Waals surface area contributed by atoms with Crippen LogP contribution in [0.5, 0.6) is 0 Å². The zero-order valence-corrected chi connectivity index (χ0v) is 23.6. The van der Waals surface area contributed by atoms with Gasteiger partial charge in [0.05, 0.1) is 13.1 Å². The van der Waals surface area contributed by atoms with Crippen LogP contribution >= 0.6 is 0 Å². The number of hydrogen-bond donors (Lipinski definition) is 7. The molecule has 0 aliphatic rings. The van der Waals surface area contributed by atoms with Gasteiger partial charge in [-0.05, 0) is 31.1 Å². The van der Waals surface area contributed by atoms with Crippen molar-refractivity contribution in [3.05, 3.63) is 0 Å². The summed E-state index contributed by atoms with van der Waals surface area (Å²) in [6.45, 7) is 11.6. The number of amides is 5. The first kappa shape index (κ1) is 34.8. The Hall–Kier alpha value is -3.22. The number of rotatable bonds is 17. The first-order valence-corrected chi connectivity index (χ1v) is 13.1.